The van der Waals surface area contributed by atoms with Crippen molar-refractivity contribution in [1.82, 2.24) is 5.43 Å². The van der Waals surface area contributed by atoms with Crippen LogP contribution in [0.1, 0.15) is 59.1 Å². The molecule has 0 fully saturated rings. The highest BCUT2D eigenvalue weighted by atomic mass is 16.5. The highest BCUT2D eigenvalue weighted by Gasteiger charge is 2.27. The molecule has 0 aliphatic rings. The lowest BCUT2D eigenvalue weighted by molar-refractivity contribution is -0.123. The Morgan fingerprint density at radius 3 is 2.00 bits per heavy atom. The zero-order chi connectivity index (χ0) is 24.8. The maximum Gasteiger partial charge on any atom is 0.277 e. The molecule has 1 amide bonds. The van der Waals surface area contributed by atoms with Gasteiger partial charge in [0.05, 0.1) is 5.71 Å². The standard InChI is InChI=1S/C30H36N2O2/c1-22(23-12-14-25(15-13-23)24-10-8-7-9-11-24)31-32-28(33)20-34-27-18-16-26(17-19-27)30(5,6)21-29(2,3)4/h7-19H,20-21H2,1-6H3,(H,32,33). The van der Waals surface area contributed by atoms with Gasteiger partial charge in [0.2, 0.25) is 0 Å². The summed E-state index contributed by atoms with van der Waals surface area (Å²) < 4.78 is 5.66. The second-order valence-electron chi connectivity index (χ2n) is 10.6. The highest BCUT2D eigenvalue weighted by molar-refractivity contribution is 5.99. The van der Waals surface area contributed by atoms with Crippen molar-refractivity contribution < 1.29 is 9.53 Å². The van der Waals surface area contributed by atoms with Crippen LogP contribution in [0.25, 0.3) is 11.1 Å². The third-order valence-corrected chi connectivity index (χ3v) is 5.74. The molecule has 0 aromatic heterocycles. The van der Waals surface area contributed by atoms with Crippen LogP contribution in [-0.4, -0.2) is 18.2 Å². The predicted octanol–water partition coefficient (Wildman–Crippen LogP) is 6.99. The smallest absolute Gasteiger partial charge is 0.277 e. The van der Waals surface area contributed by atoms with Crippen LogP contribution in [0.3, 0.4) is 0 Å². The van der Waals surface area contributed by atoms with Crippen LogP contribution >= 0.6 is 0 Å². The molecular formula is C30H36N2O2. The van der Waals surface area contributed by atoms with Crippen LogP contribution < -0.4 is 10.2 Å². The molecule has 178 valence electrons. The molecule has 0 saturated carbocycles. The van der Waals surface area contributed by atoms with Crippen molar-refractivity contribution in [1.29, 1.82) is 0 Å². The number of hydrazone groups is 1. The highest BCUT2D eigenvalue weighted by Crippen LogP contribution is 2.36. The summed E-state index contributed by atoms with van der Waals surface area (Å²) in [5, 5.41) is 4.23. The molecule has 4 nitrogen and oxygen atoms in total. The Hall–Kier alpha value is -3.40. The van der Waals surface area contributed by atoms with Crippen LogP contribution in [0.4, 0.5) is 0 Å². The number of nitrogens with zero attached hydrogens (tertiary/aromatic N) is 1. The number of nitrogens with one attached hydrogen (secondary N) is 1. The minimum atomic E-state index is -0.294. The van der Waals surface area contributed by atoms with Gasteiger partial charge in [0.15, 0.2) is 6.61 Å². The van der Waals surface area contributed by atoms with Gasteiger partial charge < -0.3 is 4.74 Å². The minimum Gasteiger partial charge on any atom is -0.484 e. The molecule has 0 radical (unpaired) electrons. The largest absolute Gasteiger partial charge is 0.484 e. The Labute approximate surface area is 204 Å². The first kappa shape index (κ1) is 25.2. The molecule has 0 unspecified atom stereocenters. The normalized spacial score (nSPS) is 12.4. The fourth-order valence-electron chi connectivity index (χ4n) is 4.36. The van der Waals surface area contributed by atoms with E-state index in [-0.39, 0.29) is 23.3 Å². The number of hydrogen-bond acceptors (Lipinski definition) is 3. The van der Waals surface area contributed by atoms with Crippen molar-refractivity contribution in [3.8, 4) is 16.9 Å². The van der Waals surface area contributed by atoms with Crippen LogP contribution in [0.15, 0.2) is 84.0 Å². The van der Waals surface area contributed by atoms with Gasteiger partial charge in [0, 0.05) is 0 Å². The Bertz CT molecular complexity index is 1110. The molecule has 0 saturated heterocycles. The monoisotopic (exact) mass is 456 g/mol. The van der Waals surface area contributed by atoms with E-state index >= 15 is 0 Å². The van der Waals surface area contributed by atoms with Gasteiger partial charge in [-0.25, -0.2) is 5.43 Å². The fraction of sp³-hybridized carbons (Fsp3) is 0.333. The second kappa shape index (κ2) is 10.7. The second-order valence-corrected chi connectivity index (χ2v) is 10.6. The molecule has 0 aliphatic carbocycles. The van der Waals surface area contributed by atoms with Crippen LogP contribution in [0.2, 0.25) is 0 Å². The Morgan fingerprint density at radius 2 is 1.41 bits per heavy atom. The number of hydrogen-bond donors (Lipinski definition) is 1. The van der Waals surface area contributed by atoms with Crippen LogP contribution in [0.5, 0.6) is 5.75 Å². The van der Waals surface area contributed by atoms with Crippen molar-refractivity contribution in [3.05, 3.63) is 90.0 Å². The van der Waals surface area contributed by atoms with E-state index in [9.17, 15) is 4.79 Å². The molecule has 0 aliphatic heterocycles. The number of ether oxygens (including phenoxy) is 1. The molecule has 3 aromatic rings. The quantitative estimate of drug-likeness (QED) is 0.293. The Kier molecular flexibility index (Phi) is 7.93. The van der Waals surface area contributed by atoms with Gasteiger partial charge in [-0.1, -0.05) is 101 Å². The Balaban J connectivity index is 1.52. The molecule has 0 spiro atoms. The number of rotatable bonds is 8. The van der Waals surface area contributed by atoms with Gasteiger partial charge in [-0.15, -0.1) is 0 Å². The lowest BCUT2D eigenvalue weighted by Gasteiger charge is -2.33. The first-order valence-electron chi connectivity index (χ1n) is 11.8. The van der Waals surface area contributed by atoms with Crippen molar-refractivity contribution in [2.75, 3.05) is 6.61 Å². The van der Waals surface area contributed by atoms with E-state index in [1.807, 2.05) is 49.4 Å². The van der Waals surface area contributed by atoms with Gasteiger partial charge in [-0.05, 0) is 58.6 Å². The summed E-state index contributed by atoms with van der Waals surface area (Å²) in [5.41, 5.74) is 8.16. The zero-order valence-corrected chi connectivity index (χ0v) is 21.2. The van der Waals surface area contributed by atoms with E-state index in [4.69, 9.17) is 4.74 Å². The van der Waals surface area contributed by atoms with Crippen molar-refractivity contribution in [2.24, 2.45) is 10.5 Å². The van der Waals surface area contributed by atoms with E-state index in [2.05, 4.69) is 81.5 Å². The SMILES string of the molecule is CC(=NNC(=O)COc1ccc(C(C)(C)CC(C)(C)C)cc1)c1ccc(-c2ccccc2)cc1. The van der Waals surface area contributed by atoms with E-state index in [1.54, 1.807) is 0 Å². The van der Waals surface area contributed by atoms with Crippen molar-refractivity contribution in [3.63, 3.8) is 0 Å². The molecule has 0 bridgehead atoms. The predicted molar refractivity (Wildman–Crippen MR) is 141 cm³/mol. The van der Waals surface area contributed by atoms with Crippen LogP contribution in [0, 0.1) is 5.41 Å². The Morgan fingerprint density at radius 1 is 0.824 bits per heavy atom. The minimum absolute atomic E-state index is 0.0691. The molecule has 4 heteroatoms. The third kappa shape index (κ3) is 7.31. The lowest BCUT2D eigenvalue weighted by Crippen LogP contribution is -2.26. The molecular weight excluding hydrogens is 420 g/mol. The summed E-state index contributed by atoms with van der Waals surface area (Å²) in [4.78, 5) is 12.2. The van der Waals surface area contributed by atoms with Gasteiger partial charge in [-0.3, -0.25) is 4.79 Å². The number of benzene rings is 3. The van der Waals surface area contributed by atoms with Gasteiger partial charge in [0.25, 0.3) is 5.91 Å². The summed E-state index contributed by atoms with van der Waals surface area (Å²) in [7, 11) is 0. The number of carbonyl (C=O) groups is 1. The molecule has 0 atom stereocenters. The zero-order valence-electron chi connectivity index (χ0n) is 21.2. The summed E-state index contributed by atoms with van der Waals surface area (Å²) in [6.45, 7) is 13.1. The summed E-state index contributed by atoms with van der Waals surface area (Å²) in [5.74, 6) is 0.375. The maximum atomic E-state index is 12.2. The molecule has 3 aromatic carbocycles. The molecule has 34 heavy (non-hydrogen) atoms. The van der Waals surface area contributed by atoms with Gasteiger partial charge in [-0.2, -0.15) is 5.10 Å². The first-order valence-corrected chi connectivity index (χ1v) is 11.8. The molecule has 1 N–H and O–H groups in total. The first-order chi connectivity index (χ1) is 16.0. The third-order valence-electron chi connectivity index (χ3n) is 5.74. The summed E-state index contributed by atoms with van der Waals surface area (Å²) in [6, 6.07) is 26.4. The van der Waals surface area contributed by atoms with Crippen LogP contribution in [-0.2, 0) is 10.2 Å². The molecule has 3 rings (SSSR count). The van der Waals surface area contributed by atoms with Crippen molar-refractivity contribution >= 4 is 11.6 Å². The fourth-order valence-corrected chi connectivity index (χ4v) is 4.36. The van der Waals surface area contributed by atoms with Crippen molar-refractivity contribution in [2.45, 2.75) is 53.4 Å². The summed E-state index contributed by atoms with van der Waals surface area (Å²) in [6.07, 6.45) is 1.08. The average molecular weight is 457 g/mol. The average Bonchev–Trinajstić information content (AvgIpc) is 2.80. The maximum absolute atomic E-state index is 12.2. The van der Waals surface area contributed by atoms with E-state index in [0.717, 1.165) is 23.3 Å². The number of carbonyl (C=O) groups excluding carboxylic acids is 1. The lowest BCUT2D eigenvalue weighted by atomic mass is 9.72. The summed E-state index contributed by atoms with van der Waals surface area (Å²) >= 11 is 0. The molecule has 0 heterocycles. The van der Waals surface area contributed by atoms with E-state index in [1.165, 1.54) is 11.1 Å². The van der Waals surface area contributed by atoms with E-state index < -0.39 is 0 Å². The topological polar surface area (TPSA) is 50.7 Å². The van der Waals surface area contributed by atoms with Gasteiger partial charge >= 0.3 is 0 Å². The van der Waals surface area contributed by atoms with Gasteiger partial charge in [0.1, 0.15) is 5.75 Å². The number of amides is 1. The van der Waals surface area contributed by atoms with E-state index in [0.29, 0.717) is 5.75 Å².